The summed E-state index contributed by atoms with van der Waals surface area (Å²) in [6.45, 7) is 0.979. The molecular weight excluding hydrogens is 320 g/mol. The number of nitrogens with one attached hydrogen (secondary N) is 2. The summed E-state index contributed by atoms with van der Waals surface area (Å²) in [5.74, 6) is 2.16. The van der Waals surface area contributed by atoms with Gasteiger partial charge in [-0.05, 0) is 18.2 Å². The minimum absolute atomic E-state index is 0. The minimum Gasteiger partial charge on any atom is -0.324 e. The number of anilines is 1. The van der Waals surface area contributed by atoms with E-state index in [1.54, 1.807) is 10.9 Å². The van der Waals surface area contributed by atoms with Crippen LogP contribution in [0.1, 0.15) is 6.42 Å². The highest BCUT2D eigenvalue weighted by molar-refractivity contribution is 7.99. The van der Waals surface area contributed by atoms with Crippen LogP contribution in [0.15, 0.2) is 42.7 Å². The van der Waals surface area contributed by atoms with Gasteiger partial charge in [-0.25, -0.2) is 4.68 Å². The number of hydrogen-bond donors (Lipinski definition) is 2. The zero-order chi connectivity index (χ0) is 14.5. The molecule has 2 N–H and O–H groups in total. The van der Waals surface area contributed by atoms with Crippen LogP contribution in [0.25, 0.3) is 5.69 Å². The second-order valence-electron chi connectivity index (χ2n) is 4.95. The molecule has 1 amide bonds. The highest BCUT2D eigenvalue weighted by Crippen LogP contribution is 2.19. The lowest BCUT2D eigenvalue weighted by Crippen LogP contribution is -2.39. The highest BCUT2D eigenvalue weighted by atomic mass is 35.5. The predicted octanol–water partition coefficient (Wildman–Crippen LogP) is 2.33. The van der Waals surface area contributed by atoms with E-state index in [4.69, 9.17) is 0 Å². The van der Waals surface area contributed by atoms with Gasteiger partial charge >= 0.3 is 0 Å². The first-order valence-corrected chi connectivity index (χ1v) is 8.18. The molecule has 1 aromatic carbocycles. The van der Waals surface area contributed by atoms with Crippen molar-refractivity contribution >= 4 is 35.8 Å². The SMILES string of the molecule is Cl.O=C(CC1CSCCN1)Nc1ccccc1-n1cccn1. The molecule has 2 aromatic rings. The zero-order valence-corrected chi connectivity index (χ0v) is 13.7. The van der Waals surface area contributed by atoms with Crippen molar-refractivity contribution in [3.8, 4) is 5.69 Å². The number of aromatic nitrogens is 2. The molecule has 0 radical (unpaired) electrons. The Balaban J connectivity index is 0.00000176. The molecule has 3 rings (SSSR count). The fraction of sp³-hybridized carbons (Fsp3) is 0.333. The Morgan fingerprint density at radius 2 is 2.27 bits per heavy atom. The Morgan fingerprint density at radius 1 is 1.41 bits per heavy atom. The summed E-state index contributed by atoms with van der Waals surface area (Å²) < 4.78 is 1.75. The standard InChI is InChI=1S/C15H18N4OS.ClH/c20-15(10-12-11-21-9-7-16-12)18-13-4-1-2-5-14(13)19-8-3-6-17-19;/h1-6,8,12,16H,7,9-11H2,(H,18,20);1H. The molecule has 5 nitrogen and oxygen atoms in total. The number of nitrogens with zero attached hydrogens (tertiary/aromatic N) is 2. The van der Waals surface area contributed by atoms with Crippen molar-refractivity contribution in [2.75, 3.05) is 23.4 Å². The summed E-state index contributed by atoms with van der Waals surface area (Å²) in [5.41, 5.74) is 1.66. The second kappa shape index (κ2) is 8.22. The lowest BCUT2D eigenvalue weighted by molar-refractivity contribution is -0.116. The van der Waals surface area contributed by atoms with Crippen LogP contribution >= 0.6 is 24.2 Å². The number of hydrogen-bond acceptors (Lipinski definition) is 4. The molecule has 22 heavy (non-hydrogen) atoms. The number of carbonyl (C=O) groups excluding carboxylic acids is 1. The Labute approximate surface area is 140 Å². The van der Waals surface area contributed by atoms with Gasteiger partial charge in [0.25, 0.3) is 0 Å². The fourth-order valence-electron chi connectivity index (χ4n) is 2.37. The van der Waals surface area contributed by atoms with Crippen molar-refractivity contribution in [3.05, 3.63) is 42.7 Å². The van der Waals surface area contributed by atoms with E-state index in [2.05, 4.69) is 15.7 Å². The molecule has 1 saturated heterocycles. The summed E-state index contributed by atoms with van der Waals surface area (Å²) in [5, 5.41) is 10.6. The molecule has 1 fully saturated rings. The molecule has 1 unspecified atom stereocenters. The molecule has 1 aromatic heterocycles. The third-order valence-corrected chi connectivity index (χ3v) is 4.49. The van der Waals surface area contributed by atoms with Gasteiger partial charge in [0.05, 0.1) is 11.4 Å². The molecule has 7 heteroatoms. The van der Waals surface area contributed by atoms with Gasteiger partial charge in [0, 0.05) is 42.9 Å². The van der Waals surface area contributed by atoms with E-state index in [1.807, 2.05) is 48.3 Å². The van der Waals surface area contributed by atoms with Crippen molar-refractivity contribution in [1.29, 1.82) is 0 Å². The van der Waals surface area contributed by atoms with Gasteiger partial charge in [0.1, 0.15) is 0 Å². The van der Waals surface area contributed by atoms with E-state index >= 15 is 0 Å². The van der Waals surface area contributed by atoms with Crippen LogP contribution in [0.5, 0.6) is 0 Å². The number of amides is 1. The molecule has 0 aliphatic carbocycles. The third kappa shape index (κ3) is 4.25. The quantitative estimate of drug-likeness (QED) is 0.898. The number of halogens is 1. The molecule has 0 bridgehead atoms. The summed E-state index contributed by atoms with van der Waals surface area (Å²) in [7, 11) is 0. The Morgan fingerprint density at radius 3 is 3.00 bits per heavy atom. The molecule has 1 aliphatic heterocycles. The van der Waals surface area contributed by atoms with Crippen molar-refractivity contribution in [1.82, 2.24) is 15.1 Å². The van der Waals surface area contributed by atoms with Crippen molar-refractivity contribution in [2.45, 2.75) is 12.5 Å². The monoisotopic (exact) mass is 338 g/mol. The van der Waals surface area contributed by atoms with Crippen LogP contribution < -0.4 is 10.6 Å². The highest BCUT2D eigenvalue weighted by Gasteiger charge is 2.17. The topological polar surface area (TPSA) is 59.0 Å². The lowest BCUT2D eigenvalue weighted by atomic mass is 10.2. The maximum Gasteiger partial charge on any atom is 0.226 e. The Bertz CT molecular complexity index is 599. The van der Waals surface area contributed by atoms with Gasteiger partial charge in [-0.3, -0.25) is 4.79 Å². The second-order valence-corrected chi connectivity index (χ2v) is 6.10. The van der Waals surface area contributed by atoms with E-state index in [0.29, 0.717) is 6.42 Å². The van der Waals surface area contributed by atoms with Gasteiger partial charge in [0.2, 0.25) is 5.91 Å². The van der Waals surface area contributed by atoms with E-state index in [9.17, 15) is 4.79 Å². The molecular formula is C15H19ClN4OS. The van der Waals surface area contributed by atoms with Gasteiger partial charge in [-0.1, -0.05) is 12.1 Å². The summed E-state index contributed by atoms with van der Waals surface area (Å²) in [4.78, 5) is 12.2. The van der Waals surface area contributed by atoms with E-state index < -0.39 is 0 Å². The molecule has 2 heterocycles. The van der Waals surface area contributed by atoms with Gasteiger partial charge in [-0.2, -0.15) is 16.9 Å². The minimum atomic E-state index is 0. The summed E-state index contributed by atoms with van der Waals surface area (Å²) >= 11 is 1.90. The summed E-state index contributed by atoms with van der Waals surface area (Å²) in [6.07, 6.45) is 4.09. The molecule has 1 atom stereocenters. The number of thioether (sulfide) groups is 1. The average Bonchev–Trinajstić information content (AvgIpc) is 3.03. The molecule has 0 saturated carbocycles. The van der Waals surface area contributed by atoms with E-state index in [-0.39, 0.29) is 24.4 Å². The van der Waals surface area contributed by atoms with Crippen molar-refractivity contribution in [3.63, 3.8) is 0 Å². The smallest absolute Gasteiger partial charge is 0.226 e. The van der Waals surface area contributed by atoms with Crippen LogP contribution in [0.4, 0.5) is 5.69 Å². The molecule has 1 aliphatic rings. The van der Waals surface area contributed by atoms with Gasteiger partial charge < -0.3 is 10.6 Å². The maximum atomic E-state index is 12.2. The van der Waals surface area contributed by atoms with Crippen LogP contribution in [0.2, 0.25) is 0 Å². The maximum absolute atomic E-state index is 12.2. The van der Waals surface area contributed by atoms with Crippen molar-refractivity contribution < 1.29 is 4.79 Å². The average molecular weight is 339 g/mol. The van der Waals surface area contributed by atoms with Gasteiger partial charge in [0.15, 0.2) is 0 Å². The first-order chi connectivity index (χ1) is 10.3. The number of rotatable bonds is 4. The third-order valence-electron chi connectivity index (χ3n) is 3.36. The predicted molar refractivity (Wildman–Crippen MR) is 93.2 cm³/mol. The number of para-hydroxylation sites is 2. The summed E-state index contributed by atoms with van der Waals surface area (Å²) in [6, 6.07) is 9.82. The molecule has 0 spiro atoms. The van der Waals surface area contributed by atoms with Crippen LogP contribution in [0, 0.1) is 0 Å². The van der Waals surface area contributed by atoms with Crippen LogP contribution in [-0.4, -0.2) is 39.8 Å². The van der Waals surface area contributed by atoms with Crippen LogP contribution in [-0.2, 0) is 4.79 Å². The Hall–Kier alpha value is -1.50. The van der Waals surface area contributed by atoms with E-state index in [1.165, 1.54) is 0 Å². The number of carbonyl (C=O) groups is 1. The first kappa shape index (κ1) is 16.9. The lowest BCUT2D eigenvalue weighted by Gasteiger charge is -2.22. The largest absolute Gasteiger partial charge is 0.324 e. The number of benzene rings is 1. The molecule has 118 valence electrons. The Kier molecular flexibility index (Phi) is 6.30. The zero-order valence-electron chi connectivity index (χ0n) is 12.1. The van der Waals surface area contributed by atoms with Crippen molar-refractivity contribution in [2.24, 2.45) is 0 Å². The van der Waals surface area contributed by atoms with Gasteiger partial charge in [-0.15, -0.1) is 12.4 Å². The van der Waals surface area contributed by atoms with E-state index in [0.717, 1.165) is 29.4 Å². The van der Waals surface area contributed by atoms with Crippen LogP contribution in [0.3, 0.4) is 0 Å². The normalized spacial score (nSPS) is 17.5. The fourth-order valence-corrected chi connectivity index (χ4v) is 3.32. The first-order valence-electron chi connectivity index (χ1n) is 7.03.